The van der Waals surface area contributed by atoms with Crippen molar-refractivity contribution in [3.63, 3.8) is 0 Å². The summed E-state index contributed by atoms with van der Waals surface area (Å²) in [5.74, 6) is -117. The third-order valence-electron chi connectivity index (χ3n) is 10.2. The van der Waals surface area contributed by atoms with E-state index in [1.54, 1.807) is 0 Å². The van der Waals surface area contributed by atoms with Crippen LogP contribution >= 0.6 is 0 Å². The summed E-state index contributed by atoms with van der Waals surface area (Å²) in [4.78, 5) is 0. The second-order valence-electron chi connectivity index (χ2n) is 15.7. The van der Waals surface area contributed by atoms with Crippen molar-refractivity contribution in [1.29, 1.82) is 0 Å². The third-order valence-corrected chi connectivity index (χ3v) is 17.3. The lowest BCUT2D eigenvalue weighted by Crippen LogP contribution is -2.74. The molecule has 36 heteroatoms. The van der Waals surface area contributed by atoms with Gasteiger partial charge in [-0.05, 0) is 11.6 Å². The zero-order valence-corrected chi connectivity index (χ0v) is 33.5. The highest BCUT2D eigenvalue weighted by Crippen LogP contribution is 2.66. The summed E-state index contributed by atoms with van der Waals surface area (Å²) < 4.78 is 463. The highest BCUT2D eigenvalue weighted by Gasteiger charge is 2.97. The summed E-state index contributed by atoms with van der Waals surface area (Å²) in [6, 6.07) is -3.32. The maximum Gasteiger partial charge on any atom is 0.460 e. The summed E-state index contributed by atoms with van der Waals surface area (Å²) in [6.07, 6.45) is -19.6. The Kier molecular flexibility index (Phi) is 14.9. The van der Waals surface area contributed by atoms with Gasteiger partial charge in [0.15, 0.2) is 0 Å². The standard InChI is InChI=1S/C29H24F34Si2/c1-64(2,9-7-14(30,31)16(34,35)18(38,39)20(42,43)22(46,47)24(50,51)26(54,55)28(58,59)60)12-5-6-13(11-12)65(3,4)10-8-15(32,33)17(36,37)19(40,41)21(44,45)23(48,49)25(52,53)27(56,57)29(61,62)63/h5-6,11-12H,7-10H2,1-4H3. The first kappa shape index (κ1) is 60.5. The van der Waals surface area contributed by atoms with Crippen LogP contribution in [-0.4, -0.2) is 111 Å². The molecule has 0 saturated heterocycles. The first-order chi connectivity index (χ1) is 27.6. The monoisotopic (exact) mass is 1070 g/mol. The predicted octanol–water partition coefficient (Wildman–Crippen LogP) is 15.6. The van der Waals surface area contributed by atoms with Crippen molar-refractivity contribution in [2.75, 3.05) is 0 Å². The van der Waals surface area contributed by atoms with Crippen LogP contribution in [0.1, 0.15) is 12.8 Å². The number of hydrogen-bond acceptors (Lipinski definition) is 0. The number of rotatable bonds is 20. The molecule has 0 N–H and O–H groups in total. The first-order valence-corrected chi connectivity index (χ1v) is 22.9. The molecule has 0 radical (unpaired) electrons. The Labute approximate surface area is 341 Å². The fraction of sp³-hybridized carbons (Fsp3) is 0.862. The molecule has 0 aromatic carbocycles. The topological polar surface area (TPSA) is 0 Å². The van der Waals surface area contributed by atoms with Gasteiger partial charge in [0.25, 0.3) is 0 Å². The molecule has 0 fully saturated rings. The van der Waals surface area contributed by atoms with Gasteiger partial charge in [-0.1, -0.05) is 55.7 Å². The average molecular weight is 1070 g/mol. The average Bonchev–Trinajstić information content (AvgIpc) is 3.61. The Morgan fingerprint density at radius 3 is 0.831 bits per heavy atom. The highest BCUT2D eigenvalue weighted by molar-refractivity contribution is 6.86. The van der Waals surface area contributed by atoms with Crippen molar-refractivity contribution >= 4 is 16.1 Å². The van der Waals surface area contributed by atoms with Crippen LogP contribution in [0.4, 0.5) is 149 Å². The molecule has 0 aromatic heterocycles. The van der Waals surface area contributed by atoms with Crippen molar-refractivity contribution in [2.45, 2.75) is 152 Å². The van der Waals surface area contributed by atoms with Crippen LogP contribution in [0.5, 0.6) is 0 Å². The van der Waals surface area contributed by atoms with E-state index in [1.807, 2.05) is 0 Å². The molecule has 1 rings (SSSR count). The minimum absolute atomic E-state index is 0.457. The quantitative estimate of drug-likeness (QED) is 0.0842. The summed E-state index contributed by atoms with van der Waals surface area (Å²) in [7, 11) is -8.22. The Balaban J connectivity index is 3.46. The van der Waals surface area contributed by atoms with E-state index in [0.29, 0.717) is 12.2 Å². The van der Waals surface area contributed by atoms with E-state index in [0.717, 1.165) is 32.3 Å². The van der Waals surface area contributed by atoms with E-state index in [1.165, 1.54) is 0 Å². The van der Waals surface area contributed by atoms with Gasteiger partial charge < -0.3 is 0 Å². The number of halogens is 34. The van der Waals surface area contributed by atoms with Crippen molar-refractivity contribution in [3.8, 4) is 0 Å². The molecular weight excluding hydrogens is 1050 g/mol. The highest BCUT2D eigenvalue weighted by atomic mass is 28.3. The molecule has 0 saturated carbocycles. The molecule has 1 unspecified atom stereocenters. The van der Waals surface area contributed by atoms with E-state index in [-0.39, 0.29) is 0 Å². The molecule has 0 heterocycles. The van der Waals surface area contributed by atoms with E-state index >= 15 is 0 Å². The lowest BCUT2D eigenvalue weighted by atomic mass is 9.88. The van der Waals surface area contributed by atoms with Crippen LogP contribution in [0.25, 0.3) is 0 Å². The zero-order chi connectivity index (χ0) is 53.1. The van der Waals surface area contributed by atoms with Gasteiger partial charge in [0.1, 0.15) is 0 Å². The second-order valence-corrected chi connectivity index (χ2v) is 25.7. The van der Waals surface area contributed by atoms with E-state index < -0.39 is 147 Å². The van der Waals surface area contributed by atoms with Crippen LogP contribution < -0.4 is 0 Å². The van der Waals surface area contributed by atoms with Gasteiger partial charge in [0.05, 0.1) is 16.1 Å². The van der Waals surface area contributed by atoms with Gasteiger partial charge in [0.2, 0.25) is 0 Å². The second kappa shape index (κ2) is 16.0. The van der Waals surface area contributed by atoms with Gasteiger partial charge in [-0.25, -0.2) is 0 Å². The maximum atomic E-state index is 14.6. The van der Waals surface area contributed by atoms with E-state index in [9.17, 15) is 149 Å². The minimum atomic E-state index is -8.90. The van der Waals surface area contributed by atoms with Crippen molar-refractivity contribution in [3.05, 3.63) is 23.4 Å². The van der Waals surface area contributed by atoms with E-state index in [2.05, 4.69) is 0 Å². The smallest absolute Gasteiger partial charge is 0.200 e. The van der Waals surface area contributed by atoms with Crippen LogP contribution in [0.15, 0.2) is 23.4 Å². The lowest BCUT2D eigenvalue weighted by molar-refractivity contribution is -0.461. The molecule has 0 amide bonds. The molecule has 1 aliphatic rings. The molecule has 386 valence electrons. The van der Waals surface area contributed by atoms with Crippen LogP contribution in [-0.2, 0) is 0 Å². The van der Waals surface area contributed by atoms with Crippen molar-refractivity contribution in [1.82, 2.24) is 0 Å². The number of allylic oxidation sites excluding steroid dienone is 4. The van der Waals surface area contributed by atoms with Gasteiger partial charge in [-0.3, -0.25) is 0 Å². The third kappa shape index (κ3) is 8.68. The molecule has 0 aromatic rings. The fourth-order valence-electron chi connectivity index (χ4n) is 5.42. The van der Waals surface area contributed by atoms with Gasteiger partial charge in [0, 0.05) is 12.8 Å². The van der Waals surface area contributed by atoms with Crippen LogP contribution in [0.3, 0.4) is 0 Å². The number of hydrogen-bond donors (Lipinski definition) is 0. The Morgan fingerprint density at radius 1 is 0.338 bits per heavy atom. The van der Waals surface area contributed by atoms with Crippen molar-refractivity contribution in [2.24, 2.45) is 0 Å². The summed E-state index contributed by atoms with van der Waals surface area (Å²) in [5, 5.41) is -0.457. The molecule has 1 aliphatic carbocycles. The SMILES string of the molecule is C[Si](C)(CCC(F)(F)C(F)(F)C(F)(F)C(F)(F)C(F)(F)C(F)(F)C(F)(F)C(F)(F)F)C1=CC([Si](C)(C)CCC(F)(F)C(F)(F)C(F)(F)C(F)(F)C(F)(F)C(F)(F)C(F)(F)C(F)(F)F)C=C1. The molecule has 0 aliphatic heterocycles. The normalized spacial score (nSPS) is 18.7. The van der Waals surface area contributed by atoms with Gasteiger partial charge in [-0.15, -0.1) is 0 Å². The van der Waals surface area contributed by atoms with Crippen LogP contribution in [0.2, 0.25) is 43.8 Å². The van der Waals surface area contributed by atoms with Crippen LogP contribution in [0, 0.1) is 0 Å². The first-order valence-electron chi connectivity index (χ1n) is 16.5. The van der Waals surface area contributed by atoms with Gasteiger partial charge >= 0.3 is 95.3 Å². The summed E-state index contributed by atoms with van der Waals surface area (Å²) in [6.45, 7) is 3.09. The molecule has 0 spiro atoms. The minimum Gasteiger partial charge on any atom is -0.200 e. The molecule has 1 atom stereocenters. The zero-order valence-electron chi connectivity index (χ0n) is 31.5. The Hall–Kier alpha value is -2.47. The maximum absolute atomic E-state index is 14.6. The molecule has 0 nitrogen and oxygen atoms in total. The largest absolute Gasteiger partial charge is 0.460 e. The lowest BCUT2D eigenvalue weighted by Gasteiger charge is -2.43. The Morgan fingerprint density at radius 2 is 0.569 bits per heavy atom. The predicted molar refractivity (Wildman–Crippen MR) is 156 cm³/mol. The summed E-state index contributed by atoms with van der Waals surface area (Å²) in [5.41, 5.74) is -1.55. The van der Waals surface area contributed by atoms with Crippen molar-refractivity contribution < 1.29 is 149 Å². The molecule has 0 bridgehead atoms. The molecular formula is C29H24F34Si2. The molecule has 65 heavy (non-hydrogen) atoms. The van der Waals surface area contributed by atoms with Gasteiger partial charge in [-0.2, -0.15) is 149 Å². The van der Waals surface area contributed by atoms with E-state index in [4.69, 9.17) is 0 Å². The number of alkyl halides is 34. The summed E-state index contributed by atoms with van der Waals surface area (Å²) >= 11 is 0. The Bertz CT molecular complexity index is 1770. The fourth-order valence-corrected chi connectivity index (χ4v) is 10.5.